The van der Waals surface area contributed by atoms with Crippen LogP contribution in [0.25, 0.3) is 0 Å². The van der Waals surface area contributed by atoms with Gasteiger partial charge in [0.05, 0.1) is 19.2 Å². The zero-order valence-electron chi connectivity index (χ0n) is 12.1. The van der Waals surface area contributed by atoms with Gasteiger partial charge in [-0.25, -0.2) is 0 Å². The van der Waals surface area contributed by atoms with E-state index in [2.05, 4.69) is 5.32 Å². The molecule has 2 amide bonds. The molecule has 0 radical (unpaired) electrons. The number of nitrogens with zero attached hydrogens (tertiary/aromatic N) is 1. The van der Waals surface area contributed by atoms with Gasteiger partial charge in [0.1, 0.15) is 0 Å². The number of likely N-dealkylation sites (tertiary alicyclic amines) is 1. The van der Waals surface area contributed by atoms with Crippen molar-refractivity contribution in [3.63, 3.8) is 0 Å². The lowest BCUT2D eigenvalue weighted by atomic mass is 10.1. The smallest absolute Gasteiger partial charge is 0.240 e. The molecular weight excluding hydrogens is 268 g/mol. The minimum Gasteiger partial charge on any atom is -0.394 e. The zero-order valence-corrected chi connectivity index (χ0v) is 12.1. The van der Waals surface area contributed by atoms with E-state index in [0.717, 1.165) is 24.8 Å². The van der Waals surface area contributed by atoms with Crippen molar-refractivity contribution in [3.8, 4) is 0 Å². The van der Waals surface area contributed by atoms with Crippen LogP contribution < -0.4 is 5.32 Å². The van der Waals surface area contributed by atoms with Gasteiger partial charge in [-0.05, 0) is 18.4 Å². The Morgan fingerprint density at radius 2 is 2.00 bits per heavy atom. The van der Waals surface area contributed by atoms with Crippen LogP contribution in [0.4, 0.5) is 0 Å². The lowest BCUT2D eigenvalue weighted by Gasteiger charge is -2.22. The SMILES string of the molecule is O=C(CN1CCCCCC1=O)NC(CO)c1ccccc1. The molecule has 1 unspecified atom stereocenters. The molecule has 2 rings (SSSR count). The Morgan fingerprint density at radius 1 is 1.24 bits per heavy atom. The minimum absolute atomic E-state index is 0.0444. The summed E-state index contributed by atoms with van der Waals surface area (Å²) in [5.41, 5.74) is 0.857. The fraction of sp³-hybridized carbons (Fsp3) is 0.500. The van der Waals surface area contributed by atoms with E-state index >= 15 is 0 Å². The van der Waals surface area contributed by atoms with E-state index in [9.17, 15) is 14.7 Å². The van der Waals surface area contributed by atoms with Crippen molar-refractivity contribution in [1.29, 1.82) is 0 Å². The quantitative estimate of drug-likeness (QED) is 0.857. The van der Waals surface area contributed by atoms with Crippen molar-refractivity contribution in [1.82, 2.24) is 10.2 Å². The highest BCUT2D eigenvalue weighted by molar-refractivity contribution is 5.85. The second-order valence-corrected chi connectivity index (χ2v) is 5.34. The Kier molecular flexibility index (Phi) is 5.75. The summed E-state index contributed by atoms with van der Waals surface area (Å²) in [7, 11) is 0. The van der Waals surface area contributed by atoms with Gasteiger partial charge in [-0.1, -0.05) is 36.8 Å². The van der Waals surface area contributed by atoms with Gasteiger partial charge in [0, 0.05) is 13.0 Å². The molecule has 0 aliphatic carbocycles. The highest BCUT2D eigenvalue weighted by Crippen LogP contribution is 2.13. The van der Waals surface area contributed by atoms with Crippen molar-refractivity contribution in [3.05, 3.63) is 35.9 Å². The van der Waals surface area contributed by atoms with Crippen LogP contribution in [0, 0.1) is 0 Å². The minimum atomic E-state index is -0.430. The third-order valence-corrected chi connectivity index (χ3v) is 3.73. The first-order chi connectivity index (χ1) is 10.2. The van der Waals surface area contributed by atoms with Crippen LogP contribution in [0.15, 0.2) is 30.3 Å². The molecule has 1 saturated heterocycles. The summed E-state index contributed by atoms with van der Waals surface area (Å²) in [4.78, 5) is 25.6. The Hall–Kier alpha value is -1.88. The fourth-order valence-electron chi connectivity index (χ4n) is 2.54. The predicted molar refractivity (Wildman–Crippen MR) is 79.5 cm³/mol. The Bertz CT molecular complexity index is 476. The van der Waals surface area contributed by atoms with Gasteiger partial charge >= 0.3 is 0 Å². The van der Waals surface area contributed by atoms with Crippen LogP contribution in [0.5, 0.6) is 0 Å². The van der Waals surface area contributed by atoms with E-state index in [1.54, 1.807) is 4.90 Å². The second kappa shape index (κ2) is 7.78. The normalized spacial score (nSPS) is 17.2. The first-order valence-corrected chi connectivity index (χ1v) is 7.43. The van der Waals surface area contributed by atoms with E-state index in [1.165, 1.54) is 0 Å². The average molecular weight is 290 g/mol. The molecule has 0 saturated carbocycles. The number of benzene rings is 1. The van der Waals surface area contributed by atoms with Crippen LogP contribution in [-0.2, 0) is 9.59 Å². The molecule has 114 valence electrons. The summed E-state index contributed by atoms with van der Waals surface area (Å²) in [6.07, 6.45) is 3.41. The molecule has 1 heterocycles. The zero-order chi connectivity index (χ0) is 15.1. The number of hydrogen-bond donors (Lipinski definition) is 2. The molecule has 2 N–H and O–H groups in total. The molecule has 0 spiro atoms. The third kappa shape index (κ3) is 4.56. The topological polar surface area (TPSA) is 69.6 Å². The van der Waals surface area contributed by atoms with Crippen LogP contribution in [0.1, 0.15) is 37.3 Å². The number of aliphatic hydroxyl groups is 1. The van der Waals surface area contributed by atoms with Gasteiger partial charge in [0.25, 0.3) is 0 Å². The molecule has 1 fully saturated rings. The highest BCUT2D eigenvalue weighted by atomic mass is 16.3. The van der Waals surface area contributed by atoms with Gasteiger partial charge in [0.15, 0.2) is 0 Å². The summed E-state index contributed by atoms with van der Waals surface area (Å²) >= 11 is 0. The summed E-state index contributed by atoms with van der Waals surface area (Å²) in [6.45, 7) is 0.549. The molecule has 21 heavy (non-hydrogen) atoms. The van der Waals surface area contributed by atoms with Gasteiger partial charge < -0.3 is 15.3 Å². The summed E-state index contributed by atoms with van der Waals surface area (Å²) < 4.78 is 0. The van der Waals surface area contributed by atoms with Crippen molar-refractivity contribution in [2.24, 2.45) is 0 Å². The second-order valence-electron chi connectivity index (χ2n) is 5.34. The number of nitrogens with one attached hydrogen (secondary N) is 1. The molecule has 1 aliphatic heterocycles. The Balaban J connectivity index is 1.92. The number of carbonyl (C=O) groups excluding carboxylic acids is 2. The summed E-state index contributed by atoms with van der Waals surface area (Å²) in [6, 6.07) is 8.90. The monoisotopic (exact) mass is 290 g/mol. The summed E-state index contributed by atoms with van der Waals surface area (Å²) in [5, 5.41) is 12.2. The van der Waals surface area contributed by atoms with Crippen molar-refractivity contribution >= 4 is 11.8 Å². The average Bonchev–Trinajstić information content (AvgIpc) is 2.71. The molecule has 5 heteroatoms. The van der Waals surface area contributed by atoms with E-state index in [1.807, 2.05) is 30.3 Å². The number of hydrogen-bond acceptors (Lipinski definition) is 3. The Labute approximate surface area is 125 Å². The first-order valence-electron chi connectivity index (χ1n) is 7.43. The highest BCUT2D eigenvalue weighted by Gasteiger charge is 2.21. The van der Waals surface area contributed by atoms with Crippen molar-refractivity contribution in [2.45, 2.75) is 31.7 Å². The predicted octanol–water partition coefficient (Wildman–Crippen LogP) is 1.24. The maximum atomic E-state index is 12.1. The number of carbonyl (C=O) groups is 2. The number of amides is 2. The molecule has 1 aromatic rings. The van der Waals surface area contributed by atoms with E-state index in [0.29, 0.717) is 13.0 Å². The molecule has 5 nitrogen and oxygen atoms in total. The lowest BCUT2D eigenvalue weighted by molar-refractivity contribution is -0.135. The van der Waals surface area contributed by atoms with Gasteiger partial charge in [0.2, 0.25) is 11.8 Å². The van der Waals surface area contributed by atoms with E-state index in [4.69, 9.17) is 0 Å². The molecule has 0 bridgehead atoms. The third-order valence-electron chi connectivity index (χ3n) is 3.73. The first kappa shape index (κ1) is 15.5. The summed E-state index contributed by atoms with van der Waals surface area (Å²) in [5.74, 6) is -0.184. The molecule has 1 aliphatic rings. The molecule has 0 aromatic heterocycles. The van der Waals surface area contributed by atoms with Crippen LogP contribution in [0.3, 0.4) is 0 Å². The fourth-order valence-corrected chi connectivity index (χ4v) is 2.54. The maximum Gasteiger partial charge on any atom is 0.240 e. The van der Waals surface area contributed by atoms with Crippen LogP contribution >= 0.6 is 0 Å². The number of rotatable bonds is 5. The van der Waals surface area contributed by atoms with Gasteiger partial charge in [-0.15, -0.1) is 0 Å². The standard InChI is InChI=1S/C16H22N2O3/c19-12-14(13-7-3-1-4-8-13)17-15(20)11-18-10-6-2-5-9-16(18)21/h1,3-4,7-8,14,19H,2,5-6,9-12H2,(H,17,20). The molecule has 1 aromatic carbocycles. The van der Waals surface area contributed by atoms with Crippen LogP contribution in [0.2, 0.25) is 0 Å². The Morgan fingerprint density at radius 3 is 2.71 bits per heavy atom. The van der Waals surface area contributed by atoms with Gasteiger partial charge in [-0.2, -0.15) is 0 Å². The van der Waals surface area contributed by atoms with Gasteiger partial charge in [-0.3, -0.25) is 9.59 Å². The lowest BCUT2D eigenvalue weighted by Crippen LogP contribution is -2.42. The number of aliphatic hydroxyl groups excluding tert-OH is 1. The van der Waals surface area contributed by atoms with Crippen molar-refractivity contribution < 1.29 is 14.7 Å². The molecule has 1 atom stereocenters. The molecular formula is C16H22N2O3. The maximum absolute atomic E-state index is 12.1. The van der Waals surface area contributed by atoms with Crippen LogP contribution in [-0.4, -0.2) is 41.5 Å². The van der Waals surface area contributed by atoms with E-state index in [-0.39, 0.29) is 25.0 Å². The largest absolute Gasteiger partial charge is 0.394 e. The van der Waals surface area contributed by atoms with E-state index < -0.39 is 6.04 Å². The van der Waals surface area contributed by atoms with Crippen molar-refractivity contribution in [2.75, 3.05) is 19.7 Å².